The lowest BCUT2D eigenvalue weighted by Gasteiger charge is -2.28. The molecule has 2 aromatic rings. The number of rotatable bonds is 10. The minimum atomic E-state index is 0.657. The summed E-state index contributed by atoms with van der Waals surface area (Å²) in [6.07, 6.45) is 5.38. The molecule has 24 heavy (non-hydrogen) atoms. The zero-order valence-electron chi connectivity index (χ0n) is 15.5. The van der Waals surface area contributed by atoms with Crippen LogP contribution in [-0.4, -0.2) is 42.7 Å². The second-order valence-electron chi connectivity index (χ2n) is 6.32. The standard InChI is InChI=1S/C20H31N3O/c1-5-12-23(16(3)6-2)13-8-11-21-19-15-18(24-4)14-17-9-7-10-22-20(17)19/h7,9-10,14-16,21H,5-6,8,11-13H2,1-4H3. The Morgan fingerprint density at radius 1 is 1.25 bits per heavy atom. The van der Waals surface area contributed by atoms with E-state index in [0.717, 1.165) is 41.9 Å². The SMILES string of the molecule is CCCN(CCCNc1cc(OC)cc2cccnc12)C(C)CC. The van der Waals surface area contributed by atoms with Gasteiger partial charge in [0.05, 0.1) is 18.3 Å². The van der Waals surface area contributed by atoms with E-state index in [0.29, 0.717) is 6.04 Å². The molecule has 0 saturated carbocycles. The van der Waals surface area contributed by atoms with Crippen molar-refractivity contribution in [2.24, 2.45) is 0 Å². The van der Waals surface area contributed by atoms with Gasteiger partial charge < -0.3 is 15.0 Å². The Bertz CT molecular complexity index is 629. The molecule has 4 nitrogen and oxygen atoms in total. The first kappa shape index (κ1) is 18.5. The molecule has 1 unspecified atom stereocenters. The Labute approximate surface area is 146 Å². The average molecular weight is 329 g/mol. The number of ether oxygens (including phenoxy) is 1. The summed E-state index contributed by atoms with van der Waals surface area (Å²) in [7, 11) is 1.70. The maximum absolute atomic E-state index is 5.41. The van der Waals surface area contributed by atoms with Crippen LogP contribution >= 0.6 is 0 Å². The number of benzene rings is 1. The van der Waals surface area contributed by atoms with Gasteiger partial charge in [-0.1, -0.05) is 19.9 Å². The molecule has 1 aromatic heterocycles. The van der Waals surface area contributed by atoms with Crippen molar-refractivity contribution in [3.8, 4) is 5.75 Å². The van der Waals surface area contributed by atoms with Gasteiger partial charge in [0, 0.05) is 36.8 Å². The van der Waals surface area contributed by atoms with Gasteiger partial charge in [0.1, 0.15) is 5.75 Å². The largest absolute Gasteiger partial charge is 0.497 e. The summed E-state index contributed by atoms with van der Waals surface area (Å²) < 4.78 is 5.41. The van der Waals surface area contributed by atoms with E-state index >= 15 is 0 Å². The Kier molecular flexibility index (Phi) is 7.32. The van der Waals surface area contributed by atoms with Crippen molar-refractivity contribution in [3.63, 3.8) is 0 Å². The number of hydrogen-bond donors (Lipinski definition) is 1. The zero-order valence-corrected chi connectivity index (χ0v) is 15.5. The highest BCUT2D eigenvalue weighted by molar-refractivity contribution is 5.91. The highest BCUT2D eigenvalue weighted by atomic mass is 16.5. The van der Waals surface area contributed by atoms with E-state index in [4.69, 9.17) is 4.74 Å². The van der Waals surface area contributed by atoms with E-state index < -0.39 is 0 Å². The van der Waals surface area contributed by atoms with Gasteiger partial charge in [-0.05, 0) is 44.9 Å². The Balaban J connectivity index is 1.98. The van der Waals surface area contributed by atoms with E-state index in [2.05, 4.69) is 42.0 Å². The van der Waals surface area contributed by atoms with Crippen LogP contribution in [0.5, 0.6) is 5.75 Å². The van der Waals surface area contributed by atoms with E-state index in [1.807, 2.05) is 24.4 Å². The van der Waals surface area contributed by atoms with Crippen molar-refractivity contribution >= 4 is 16.6 Å². The van der Waals surface area contributed by atoms with E-state index in [9.17, 15) is 0 Å². The molecule has 4 heteroatoms. The zero-order chi connectivity index (χ0) is 17.4. The van der Waals surface area contributed by atoms with Gasteiger partial charge >= 0.3 is 0 Å². The van der Waals surface area contributed by atoms with Crippen molar-refractivity contribution in [2.75, 3.05) is 32.1 Å². The summed E-state index contributed by atoms with van der Waals surface area (Å²) in [5.74, 6) is 0.866. The van der Waals surface area contributed by atoms with Crippen LogP contribution in [-0.2, 0) is 0 Å². The lowest BCUT2D eigenvalue weighted by atomic mass is 10.1. The molecular weight excluding hydrogens is 298 g/mol. The van der Waals surface area contributed by atoms with Crippen LogP contribution in [0, 0.1) is 0 Å². The van der Waals surface area contributed by atoms with Crippen LogP contribution in [0.15, 0.2) is 30.5 Å². The third-order valence-corrected chi connectivity index (χ3v) is 4.58. The Hall–Kier alpha value is -1.81. The predicted molar refractivity (Wildman–Crippen MR) is 103 cm³/mol. The molecule has 0 amide bonds. The number of aromatic nitrogens is 1. The molecule has 0 bridgehead atoms. The van der Waals surface area contributed by atoms with Gasteiger partial charge in [0.2, 0.25) is 0 Å². The molecule has 1 N–H and O–H groups in total. The Morgan fingerprint density at radius 2 is 2.08 bits per heavy atom. The molecular formula is C20H31N3O. The quantitative estimate of drug-likeness (QED) is 0.649. The third kappa shape index (κ3) is 4.84. The number of nitrogens with zero attached hydrogens (tertiary/aromatic N) is 2. The number of pyridine rings is 1. The van der Waals surface area contributed by atoms with Gasteiger partial charge in [-0.15, -0.1) is 0 Å². The number of hydrogen-bond acceptors (Lipinski definition) is 4. The van der Waals surface area contributed by atoms with Crippen molar-refractivity contribution < 1.29 is 4.74 Å². The highest BCUT2D eigenvalue weighted by Crippen LogP contribution is 2.27. The van der Waals surface area contributed by atoms with Gasteiger partial charge in [0.25, 0.3) is 0 Å². The molecule has 2 rings (SSSR count). The first-order valence-electron chi connectivity index (χ1n) is 9.10. The minimum Gasteiger partial charge on any atom is -0.497 e. The lowest BCUT2D eigenvalue weighted by Crippen LogP contribution is -2.34. The second kappa shape index (κ2) is 9.48. The topological polar surface area (TPSA) is 37.4 Å². The normalized spacial score (nSPS) is 12.5. The number of anilines is 1. The summed E-state index contributed by atoms with van der Waals surface area (Å²) >= 11 is 0. The number of nitrogens with one attached hydrogen (secondary N) is 1. The molecule has 0 aliphatic heterocycles. The van der Waals surface area contributed by atoms with Crippen molar-refractivity contribution in [1.29, 1.82) is 0 Å². The average Bonchev–Trinajstić information content (AvgIpc) is 2.63. The molecule has 132 valence electrons. The van der Waals surface area contributed by atoms with Gasteiger partial charge in [-0.25, -0.2) is 0 Å². The van der Waals surface area contributed by atoms with Crippen LogP contribution in [0.2, 0.25) is 0 Å². The highest BCUT2D eigenvalue weighted by Gasteiger charge is 2.10. The summed E-state index contributed by atoms with van der Waals surface area (Å²) in [5, 5.41) is 4.65. The monoisotopic (exact) mass is 329 g/mol. The lowest BCUT2D eigenvalue weighted by molar-refractivity contribution is 0.203. The molecule has 1 aromatic carbocycles. The fraction of sp³-hybridized carbons (Fsp3) is 0.550. The van der Waals surface area contributed by atoms with Crippen molar-refractivity contribution in [1.82, 2.24) is 9.88 Å². The third-order valence-electron chi connectivity index (χ3n) is 4.58. The molecule has 0 saturated heterocycles. The molecule has 1 heterocycles. The van der Waals surface area contributed by atoms with Crippen molar-refractivity contribution in [3.05, 3.63) is 30.5 Å². The van der Waals surface area contributed by atoms with Crippen molar-refractivity contribution in [2.45, 2.75) is 46.1 Å². The molecule has 0 fully saturated rings. The van der Waals surface area contributed by atoms with E-state index in [-0.39, 0.29) is 0 Å². The summed E-state index contributed by atoms with van der Waals surface area (Å²) in [4.78, 5) is 7.10. The first-order valence-corrected chi connectivity index (χ1v) is 9.10. The van der Waals surface area contributed by atoms with Crippen LogP contribution in [0.3, 0.4) is 0 Å². The van der Waals surface area contributed by atoms with Gasteiger partial charge in [-0.2, -0.15) is 0 Å². The number of fused-ring (bicyclic) bond motifs is 1. The van der Waals surface area contributed by atoms with Crippen LogP contribution < -0.4 is 10.1 Å². The van der Waals surface area contributed by atoms with Crippen LogP contribution in [0.1, 0.15) is 40.0 Å². The maximum atomic E-state index is 5.41. The summed E-state index contributed by atoms with van der Waals surface area (Å²) in [6.45, 7) is 10.1. The smallest absolute Gasteiger partial charge is 0.121 e. The van der Waals surface area contributed by atoms with Crippen LogP contribution in [0.4, 0.5) is 5.69 Å². The molecule has 1 atom stereocenters. The summed E-state index contributed by atoms with van der Waals surface area (Å²) in [6, 6.07) is 8.75. The molecule has 0 radical (unpaired) electrons. The fourth-order valence-corrected chi connectivity index (χ4v) is 3.02. The van der Waals surface area contributed by atoms with Crippen LogP contribution in [0.25, 0.3) is 10.9 Å². The molecule has 0 aliphatic carbocycles. The van der Waals surface area contributed by atoms with E-state index in [1.165, 1.54) is 19.4 Å². The summed E-state index contributed by atoms with van der Waals surface area (Å²) in [5.41, 5.74) is 2.06. The van der Waals surface area contributed by atoms with E-state index in [1.54, 1.807) is 7.11 Å². The Morgan fingerprint density at radius 3 is 2.79 bits per heavy atom. The predicted octanol–water partition coefficient (Wildman–Crippen LogP) is 4.56. The fourth-order valence-electron chi connectivity index (χ4n) is 3.02. The van der Waals surface area contributed by atoms with Gasteiger partial charge in [0.15, 0.2) is 0 Å². The second-order valence-corrected chi connectivity index (χ2v) is 6.32. The molecule has 0 spiro atoms. The first-order chi connectivity index (χ1) is 11.7. The number of methoxy groups -OCH3 is 1. The van der Waals surface area contributed by atoms with Gasteiger partial charge in [-0.3, -0.25) is 4.98 Å². The minimum absolute atomic E-state index is 0.657. The maximum Gasteiger partial charge on any atom is 0.121 e. The molecule has 0 aliphatic rings.